The molecule has 1 unspecified atom stereocenters. The average Bonchev–Trinajstić information content (AvgIpc) is 2.62. The Bertz CT molecular complexity index is 857. The molecule has 1 aliphatic rings. The monoisotopic (exact) mass is 427 g/mol. The first-order valence-corrected chi connectivity index (χ1v) is 8.98. The van der Waals surface area contributed by atoms with E-state index in [0.717, 1.165) is 31.5 Å². The number of piperidine rings is 1. The number of aromatic nitrogens is 1. The number of nitrogens with zero attached hydrogens (tertiary/aromatic N) is 1. The molecule has 1 aliphatic heterocycles. The number of benzene rings is 1. The lowest BCUT2D eigenvalue weighted by molar-refractivity contribution is 0.102. The quantitative estimate of drug-likeness (QED) is 0.653. The highest BCUT2D eigenvalue weighted by molar-refractivity contribution is 6.06. The van der Waals surface area contributed by atoms with Crippen molar-refractivity contribution in [2.75, 3.05) is 18.4 Å². The number of pyridine rings is 1. The molecule has 0 bridgehead atoms. The molecule has 6 nitrogen and oxygen atoms in total. The molecule has 0 radical (unpaired) electrons. The number of aromatic hydroxyl groups is 1. The number of carbonyl (C=O) groups excluding carboxylic acids is 1. The fourth-order valence-corrected chi connectivity index (χ4v) is 3.43. The van der Waals surface area contributed by atoms with Gasteiger partial charge in [0.2, 0.25) is 0 Å². The van der Waals surface area contributed by atoms with Crippen LogP contribution in [0.1, 0.15) is 34.3 Å². The summed E-state index contributed by atoms with van der Waals surface area (Å²) in [6.45, 7) is 6.05. The predicted octanol–water partition coefficient (Wildman–Crippen LogP) is 3.27. The third kappa shape index (κ3) is 5.28. The van der Waals surface area contributed by atoms with E-state index >= 15 is 0 Å². The van der Waals surface area contributed by atoms with E-state index in [1.165, 1.54) is 6.07 Å². The Morgan fingerprint density at radius 3 is 2.64 bits per heavy atom. The molecule has 1 atom stereocenters. The molecule has 1 aromatic carbocycles. The number of nitrogens with one attached hydrogen (secondary N) is 2. The van der Waals surface area contributed by atoms with Crippen molar-refractivity contribution in [2.24, 2.45) is 5.92 Å². The normalized spacial score (nSPS) is 15.9. The van der Waals surface area contributed by atoms with E-state index in [1.807, 2.05) is 0 Å². The zero-order valence-electron chi connectivity index (χ0n) is 16.0. The second kappa shape index (κ2) is 10.5. The van der Waals surface area contributed by atoms with Crippen molar-refractivity contribution in [3.05, 3.63) is 57.5 Å². The fourth-order valence-electron chi connectivity index (χ4n) is 3.43. The summed E-state index contributed by atoms with van der Waals surface area (Å²) >= 11 is 0. The Morgan fingerprint density at radius 2 is 2.00 bits per heavy atom. The topological polar surface area (TPSA) is 83.4 Å². The Hall–Kier alpha value is -2.02. The molecule has 154 valence electrons. The summed E-state index contributed by atoms with van der Waals surface area (Å²) in [7, 11) is 0. The molecular formula is C20H27Cl2N3O3. The first-order valence-electron chi connectivity index (χ1n) is 8.98. The molecular weight excluding hydrogens is 401 g/mol. The maximum atomic E-state index is 12.9. The van der Waals surface area contributed by atoms with E-state index in [1.54, 1.807) is 42.8 Å². The number of carbonyl (C=O) groups is 1. The van der Waals surface area contributed by atoms with Crippen molar-refractivity contribution < 1.29 is 9.90 Å². The zero-order valence-corrected chi connectivity index (χ0v) is 17.7. The van der Waals surface area contributed by atoms with Crippen LogP contribution in [0.4, 0.5) is 5.69 Å². The molecule has 1 saturated heterocycles. The average molecular weight is 428 g/mol. The molecule has 0 spiro atoms. The van der Waals surface area contributed by atoms with Crippen molar-refractivity contribution in [1.82, 2.24) is 9.88 Å². The minimum absolute atomic E-state index is 0. The van der Waals surface area contributed by atoms with Crippen molar-refractivity contribution >= 4 is 36.4 Å². The Morgan fingerprint density at radius 1 is 1.25 bits per heavy atom. The van der Waals surface area contributed by atoms with Gasteiger partial charge in [-0.15, -0.1) is 24.8 Å². The van der Waals surface area contributed by atoms with Crippen molar-refractivity contribution in [3.8, 4) is 5.75 Å². The number of hydrogen-bond acceptors (Lipinski definition) is 4. The lowest BCUT2D eigenvalue weighted by atomic mass is 9.99. The maximum Gasteiger partial charge on any atom is 0.263 e. The van der Waals surface area contributed by atoms with Gasteiger partial charge in [0.25, 0.3) is 11.5 Å². The van der Waals surface area contributed by atoms with Crippen LogP contribution >= 0.6 is 24.8 Å². The molecule has 2 heterocycles. The van der Waals surface area contributed by atoms with E-state index < -0.39 is 5.91 Å². The van der Waals surface area contributed by atoms with Crippen molar-refractivity contribution in [1.29, 1.82) is 0 Å². The minimum Gasteiger partial charge on any atom is -0.506 e. The van der Waals surface area contributed by atoms with Gasteiger partial charge in [0, 0.05) is 12.7 Å². The largest absolute Gasteiger partial charge is 0.506 e. The second-order valence-electron chi connectivity index (χ2n) is 6.97. The Balaban J connectivity index is 0.00000196. The molecule has 0 saturated carbocycles. The highest BCUT2D eigenvalue weighted by Crippen LogP contribution is 2.27. The molecule has 3 N–H and O–H groups in total. The third-order valence-corrected chi connectivity index (χ3v) is 4.94. The SMILES string of the molecule is Cc1cccc(O)c1NC(=O)c1c(C)ccn(CC2CCCNC2)c1=O.Cl.Cl. The molecule has 1 amide bonds. The summed E-state index contributed by atoms with van der Waals surface area (Å²) in [4.78, 5) is 25.6. The number of para-hydroxylation sites is 1. The smallest absolute Gasteiger partial charge is 0.263 e. The number of anilines is 1. The van der Waals surface area contributed by atoms with Crippen LogP contribution in [0.5, 0.6) is 5.75 Å². The fraction of sp³-hybridized carbons (Fsp3) is 0.400. The lowest BCUT2D eigenvalue weighted by Crippen LogP contribution is -2.36. The molecule has 8 heteroatoms. The number of phenolic OH excluding ortho intramolecular Hbond substituents is 1. The predicted molar refractivity (Wildman–Crippen MR) is 116 cm³/mol. The van der Waals surface area contributed by atoms with Crippen LogP contribution in [0.15, 0.2) is 35.3 Å². The number of halogens is 2. The first kappa shape index (κ1) is 24.0. The van der Waals surface area contributed by atoms with Crippen LogP contribution < -0.4 is 16.2 Å². The summed E-state index contributed by atoms with van der Waals surface area (Å²) in [6, 6.07) is 6.81. The van der Waals surface area contributed by atoms with E-state index in [2.05, 4.69) is 10.6 Å². The minimum atomic E-state index is -0.492. The van der Waals surface area contributed by atoms with Crippen LogP contribution in [0.2, 0.25) is 0 Å². The van der Waals surface area contributed by atoms with Gasteiger partial charge in [0.05, 0.1) is 5.69 Å². The van der Waals surface area contributed by atoms with Gasteiger partial charge in [0.15, 0.2) is 0 Å². The highest BCUT2D eigenvalue weighted by Gasteiger charge is 2.20. The van der Waals surface area contributed by atoms with Crippen LogP contribution in [-0.2, 0) is 6.54 Å². The Kier molecular flexibility index (Phi) is 9.01. The number of phenols is 1. The highest BCUT2D eigenvalue weighted by atomic mass is 35.5. The standard InChI is InChI=1S/C20H25N3O3.2ClH/c1-13-8-10-23(12-15-6-4-9-21-11-15)20(26)17(13)19(25)22-18-14(2)5-3-7-16(18)24;;/h3,5,7-8,10,15,21,24H,4,6,9,11-12H2,1-2H3,(H,22,25);2*1H. The number of amides is 1. The maximum absolute atomic E-state index is 12.9. The summed E-state index contributed by atoms with van der Waals surface area (Å²) in [5, 5.41) is 16.0. The van der Waals surface area contributed by atoms with E-state index in [4.69, 9.17) is 0 Å². The van der Waals surface area contributed by atoms with E-state index in [-0.39, 0.29) is 41.7 Å². The van der Waals surface area contributed by atoms with Crippen LogP contribution in [-0.4, -0.2) is 28.7 Å². The van der Waals surface area contributed by atoms with Gasteiger partial charge in [-0.05, 0) is 69.0 Å². The number of rotatable bonds is 4. The van der Waals surface area contributed by atoms with Crippen LogP contribution in [0.3, 0.4) is 0 Å². The lowest BCUT2D eigenvalue weighted by Gasteiger charge is -2.23. The number of aryl methyl sites for hydroxylation is 2. The van der Waals surface area contributed by atoms with Gasteiger partial charge in [-0.1, -0.05) is 12.1 Å². The van der Waals surface area contributed by atoms with E-state index in [9.17, 15) is 14.7 Å². The molecule has 1 fully saturated rings. The second-order valence-corrected chi connectivity index (χ2v) is 6.97. The molecule has 3 rings (SSSR count). The van der Waals surface area contributed by atoms with E-state index in [0.29, 0.717) is 23.7 Å². The summed E-state index contributed by atoms with van der Waals surface area (Å²) in [5.41, 5.74) is 1.53. The van der Waals surface area contributed by atoms with Gasteiger partial charge >= 0.3 is 0 Å². The van der Waals surface area contributed by atoms with Crippen molar-refractivity contribution in [3.63, 3.8) is 0 Å². The van der Waals surface area contributed by atoms with Crippen molar-refractivity contribution in [2.45, 2.75) is 33.2 Å². The van der Waals surface area contributed by atoms with Gasteiger partial charge in [-0.2, -0.15) is 0 Å². The van der Waals surface area contributed by atoms with Gasteiger partial charge in [-0.3, -0.25) is 9.59 Å². The number of hydrogen-bond donors (Lipinski definition) is 3. The summed E-state index contributed by atoms with van der Waals surface area (Å²) in [6.07, 6.45) is 3.94. The zero-order chi connectivity index (χ0) is 18.7. The van der Waals surface area contributed by atoms with Gasteiger partial charge < -0.3 is 20.3 Å². The summed E-state index contributed by atoms with van der Waals surface area (Å²) in [5.74, 6) is -0.116. The van der Waals surface area contributed by atoms with Gasteiger partial charge in [-0.25, -0.2) is 0 Å². The van der Waals surface area contributed by atoms with Crippen LogP contribution in [0.25, 0.3) is 0 Å². The molecule has 1 aromatic heterocycles. The summed E-state index contributed by atoms with van der Waals surface area (Å²) < 4.78 is 1.62. The molecule has 0 aliphatic carbocycles. The third-order valence-electron chi connectivity index (χ3n) is 4.94. The molecule has 2 aromatic rings. The molecule has 28 heavy (non-hydrogen) atoms. The Labute approximate surface area is 177 Å². The van der Waals surface area contributed by atoms with Gasteiger partial charge in [0.1, 0.15) is 11.3 Å². The first-order chi connectivity index (χ1) is 12.5. The van der Waals surface area contributed by atoms with Crippen LogP contribution in [0, 0.1) is 19.8 Å².